The van der Waals surface area contributed by atoms with Gasteiger partial charge in [-0.2, -0.15) is 0 Å². The van der Waals surface area contributed by atoms with E-state index in [4.69, 9.17) is 0 Å². The number of carbonyl (C=O) groups excluding carboxylic acids is 3. The molecule has 0 amide bonds. The molecule has 0 spiro atoms. The lowest BCUT2D eigenvalue weighted by Gasteiger charge is -1.98. The second kappa shape index (κ2) is 11.4. The fourth-order valence-electron chi connectivity index (χ4n) is 0.554. The van der Waals surface area contributed by atoms with E-state index in [0.29, 0.717) is 6.61 Å². The van der Waals surface area contributed by atoms with Gasteiger partial charge in [0.25, 0.3) is 0 Å². The average Bonchev–Trinajstić information content (AvgIpc) is 2.25. The Hall–Kier alpha value is -1.65. The Labute approximate surface area is 95.4 Å². The van der Waals surface area contributed by atoms with Crippen LogP contribution in [-0.2, 0) is 23.9 Å². The van der Waals surface area contributed by atoms with Gasteiger partial charge in [-0.25, -0.2) is 4.79 Å². The van der Waals surface area contributed by atoms with Gasteiger partial charge in [-0.1, -0.05) is 13.5 Å². The highest BCUT2D eigenvalue weighted by Gasteiger charge is 2.04. The van der Waals surface area contributed by atoms with Crippen LogP contribution in [0, 0.1) is 0 Å². The van der Waals surface area contributed by atoms with Crippen molar-refractivity contribution in [2.45, 2.75) is 26.7 Å². The summed E-state index contributed by atoms with van der Waals surface area (Å²) >= 11 is 0. The van der Waals surface area contributed by atoms with Crippen molar-refractivity contribution >= 4 is 17.7 Å². The van der Waals surface area contributed by atoms with Crippen LogP contribution in [0.25, 0.3) is 0 Å². The smallest absolute Gasteiger partial charge is 0.329 e. The summed E-state index contributed by atoms with van der Waals surface area (Å²) < 4.78 is 8.78. The third-order valence-corrected chi connectivity index (χ3v) is 1.23. The first kappa shape index (κ1) is 16.8. The molecule has 0 heterocycles. The number of carbonyl (C=O) groups is 3. The molecule has 92 valence electrons. The molecule has 0 bridgehead atoms. The van der Waals surface area contributed by atoms with E-state index in [9.17, 15) is 14.4 Å². The fourth-order valence-corrected chi connectivity index (χ4v) is 0.554. The van der Waals surface area contributed by atoms with Crippen molar-refractivity contribution in [3.05, 3.63) is 12.7 Å². The van der Waals surface area contributed by atoms with Crippen molar-refractivity contribution in [2.24, 2.45) is 0 Å². The molecule has 5 nitrogen and oxygen atoms in total. The van der Waals surface area contributed by atoms with Crippen LogP contribution in [-0.4, -0.2) is 31.4 Å². The van der Waals surface area contributed by atoms with Crippen molar-refractivity contribution in [3.63, 3.8) is 0 Å². The second-order valence-electron chi connectivity index (χ2n) is 2.83. The molecular weight excluding hydrogens is 212 g/mol. The third kappa shape index (κ3) is 14.9. The lowest BCUT2D eigenvalue weighted by Crippen LogP contribution is -2.09. The van der Waals surface area contributed by atoms with Gasteiger partial charge in [0.05, 0.1) is 13.7 Å². The van der Waals surface area contributed by atoms with E-state index in [0.717, 1.165) is 12.5 Å². The van der Waals surface area contributed by atoms with Crippen molar-refractivity contribution in [2.75, 3.05) is 13.7 Å². The predicted octanol–water partition coefficient (Wildman–Crippen LogP) is 1.26. The number of methoxy groups -OCH3 is 1. The second-order valence-corrected chi connectivity index (χ2v) is 2.83. The van der Waals surface area contributed by atoms with Gasteiger partial charge in [0.1, 0.15) is 12.2 Å². The van der Waals surface area contributed by atoms with E-state index in [1.807, 2.05) is 6.92 Å². The summed E-state index contributed by atoms with van der Waals surface area (Å²) in [6.45, 7) is 6.84. The number of hydrogen-bond donors (Lipinski definition) is 0. The Bertz CT molecular complexity index is 245. The third-order valence-electron chi connectivity index (χ3n) is 1.23. The monoisotopic (exact) mass is 230 g/mol. The maximum Gasteiger partial charge on any atom is 0.329 e. The molecule has 0 aromatic heterocycles. The van der Waals surface area contributed by atoms with Crippen LogP contribution < -0.4 is 0 Å². The number of hydrogen-bond acceptors (Lipinski definition) is 5. The van der Waals surface area contributed by atoms with Gasteiger partial charge in [0.2, 0.25) is 0 Å². The quantitative estimate of drug-likeness (QED) is 0.404. The van der Waals surface area contributed by atoms with Gasteiger partial charge in [0, 0.05) is 6.08 Å². The molecule has 0 N–H and O–H groups in total. The Kier molecular flexibility index (Phi) is 12.0. The van der Waals surface area contributed by atoms with E-state index >= 15 is 0 Å². The fraction of sp³-hybridized carbons (Fsp3) is 0.545. The van der Waals surface area contributed by atoms with Gasteiger partial charge in [0.15, 0.2) is 0 Å². The SMILES string of the molecule is C=CC(=O)OC.CCCOC(=O)CC(C)=O. The molecule has 0 aliphatic carbocycles. The first-order chi connectivity index (χ1) is 7.47. The first-order valence-corrected chi connectivity index (χ1v) is 4.83. The van der Waals surface area contributed by atoms with Crippen LogP contribution >= 0.6 is 0 Å². The van der Waals surface area contributed by atoms with E-state index in [1.54, 1.807) is 0 Å². The number of rotatable bonds is 5. The summed E-state index contributed by atoms with van der Waals surface area (Å²) in [6.07, 6.45) is 1.81. The van der Waals surface area contributed by atoms with Crippen molar-refractivity contribution in [3.8, 4) is 0 Å². The number of esters is 2. The molecule has 5 heteroatoms. The van der Waals surface area contributed by atoms with Gasteiger partial charge in [-0.05, 0) is 13.3 Å². The van der Waals surface area contributed by atoms with Crippen molar-refractivity contribution in [1.29, 1.82) is 0 Å². The van der Waals surface area contributed by atoms with Crippen molar-refractivity contribution < 1.29 is 23.9 Å². The van der Waals surface area contributed by atoms with Crippen LogP contribution in [0.2, 0.25) is 0 Å². The van der Waals surface area contributed by atoms with Gasteiger partial charge < -0.3 is 9.47 Å². The molecule has 0 rings (SSSR count). The zero-order chi connectivity index (χ0) is 13.0. The van der Waals surface area contributed by atoms with Crippen LogP contribution in [0.1, 0.15) is 26.7 Å². The van der Waals surface area contributed by atoms with E-state index in [1.165, 1.54) is 14.0 Å². The van der Waals surface area contributed by atoms with E-state index < -0.39 is 11.9 Å². The van der Waals surface area contributed by atoms with Crippen LogP contribution in [0.15, 0.2) is 12.7 Å². The molecule has 0 aromatic carbocycles. The minimum atomic E-state index is -0.422. The molecule has 0 aliphatic rings. The highest BCUT2D eigenvalue weighted by Crippen LogP contribution is 1.88. The Morgan fingerprint density at radius 2 is 1.88 bits per heavy atom. The zero-order valence-electron chi connectivity index (χ0n) is 9.95. The number of Topliss-reactive ketones (excluding diaryl/α,β-unsaturated/α-hetero) is 1. The summed E-state index contributed by atoms with van der Waals surface area (Å²) in [5.41, 5.74) is 0. The van der Waals surface area contributed by atoms with Crippen LogP contribution in [0.4, 0.5) is 0 Å². The lowest BCUT2D eigenvalue weighted by atomic mass is 10.3. The highest BCUT2D eigenvalue weighted by molar-refractivity contribution is 5.94. The zero-order valence-corrected chi connectivity index (χ0v) is 9.95. The molecule has 16 heavy (non-hydrogen) atoms. The maximum atomic E-state index is 10.6. The van der Waals surface area contributed by atoms with Crippen LogP contribution in [0.3, 0.4) is 0 Å². The molecule has 0 fully saturated rings. The van der Waals surface area contributed by atoms with Gasteiger partial charge in [-0.15, -0.1) is 0 Å². The molecule has 0 saturated carbocycles. The Balaban J connectivity index is 0. The summed E-state index contributed by atoms with van der Waals surface area (Å²) in [5, 5.41) is 0. The Morgan fingerprint density at radius 3 is 2.12 bits per heavy atom. The first-order valence-electron chi connectivity index (χ1n) is 4.83. The van der Waals surface area contributed by atoms with Crippen molar-refractivity contribution in [1.82, 2.24) is 0 Å². The largest absolute Gasteiger partial charge is 0.466 e. The topological polar surface area (TPSA) is 69.7 Å². The summed E-state index contributed by atoms with van der Waals surface area (Å²) in [6, 6.07) is 0. The normalized spacial score (nSPS) is 8.19. The van der Waals surface area contributed by atoms with Crippen LogP contribution in [0.5, 0.6) is 0 Å². The molecular formula is C11H18O5. The predicted molar refractivity (Wildman–Crippen MR) is 58.8 cm³/mol. The average molecular weight is 230 g/mol. The summed E-state index contributed by atoms with van der Waals surface area (Å²) in [4.78, 5) is 30.7. The minimum Gasteiger partial charge on any atom is -0.466 e. The summed E-state index contributed by atoms with van der Waals surface area (Å²) in [7, 11) is 1.31. The highest BCUT2D eigenvalue weighted by atomic mass is 16.5. The maximum absolute atomic E-state index is 10.6. The van der Waals surface area contributed by atoms with E-state index in [2.05, 4.69) is 16.1 Å². The molecule has 0 aromatic rings. The summed E-state index contributed by atoms with van der Waals surface area (Å²) in [5.74, 6) is -0.967. The minimum absolute atomic E-state index is 0.0972. The molecule has 0 saturated heterocycles. The van der Waals surface area contributed by atoms with Gasteiger partial charge >= 0.3 is 11.9 Å². The lowest BCUT2D eigenvalue weighted by molar-refractivity contribution is -0.145. The number of ether oxygens (including phenoxy) is 2. The molecule has 0 aliphatic heterocycles. The molecule has 0 atom stereocenters. The molecule has 0 unspecified atom stereocenters. The standard InChI is InChI=1S/C7H12O3.C4H6O2/c1-3-4-10-7(9)5-6(2)8;1-3-4(5)6-2/h3-5H2,1-2H3;3H,1H2,2H3. The molecule has 0 radical (unpaired) electrons. The van der Waals surface area contributed by atoms with Gasteiger partial charge in [-0.3, -0.25) is 9.59 Å². The number of ketones is 1. The Morgan fingerprint density at radius 1 is 1.31 bits per heavy atom. The van der Waals surface area contributed by atoms with E-state index in [-0.39, 0.29) is 12.2 Å².